The van der Waals surface area contributed by atoms with E-state index < -0.39 is 5.66 Å². The second-order valence-corrected chi connectivity index (χ2v) is 11.3. The lowest BCUT2D eigenvalue weighted by atomic mass is 9.84. The van der Waals surface area contributed by atoms with Crippen molar-refractivity contribution in [1.29, 1.82) is 0 Å². The van der Waals surface area contributed by atoms with Crippen molar-refractivity contribution in [2.75, 3.05) is 0 Å². The van der Waals surface area contributed by atoms with Crippen molar-refractivity contribution in [1.82, 2.24) is 9.25 Å². The second kappa shape index (κ2) is 7.37. The molecule has 0 radical (unpaired) electrons. The van der Waals surface area contributed by atoms with Crippen molar-refractivity contribution in [2.24, 2.45) is 0 Å². The third-order valence-electron chi connectivity index (χ3n) is 9.34. The molecule has 0 fully saturated rings. The average Bonchev–Trinajstić information content (AvgIpc) is 3.62. The Labute approximate surface area is 242 Å². The fourth-order valence-electron chi connectivity index (χ4n) is 7.81. The van der Waals surface area contributed by atoms with E-state index in [0.29, 0.717) is 0 Å². The normalized spacial score (nSPS) is 16.4. The number of rotatable bonds is 0. The van der Waals surface area contributed by atoms with Gasteiger partial charge in [-0.15, -0.1) is 4.68 Å². The van der Waals surface area contributed by atoms with Gasteiger partial charge in [0.15, 0.2) is 11.1 Å². The number of pyridine rings is 1. The van der Waals surface area contributed by atoms with Crippen LogP contribution in [0, 0.1) is 25.7 Å². The summed E-state index contributed by atoms with van der Waals surface area (Å²) in [6.45, 7) is 4.39. The van der Waals surface area contributed by atoms with Crippen LogP contribution in [0.25, 0.3) is 33.3 Å². The van der Waals surface area contributed by atoms with Gasteiger partial charge in [-0.05, 0) is 61.5 Å². The third kappa shape index (κ3) is 2.33. The maximum atomic E-state index is 6.78. The van der Waals surface area contributed by atoms with Crippen molar-refractivity contribution in [3.63, 3.8) is 0 Å². The highest BCUT2D eigenvalue weighted by Gasteiger charge is 2.69. The van der Waals surface area contributed by atoms with E-state index in [2.05, 4.69) is 135 Å². The minimum Gasteiger partial charge on any atom is -0.456 e. The van der Waals surface area contributed by atoms with Crippen LogP contribution in [0.15, 0.2) is 109 Å². The molecule has 5 heteroatoms. The van der Waals surface area contributed by atoms with Crippen molar-refractivity contribution < 1.29 is 14.0 Å². The first-order valence-electron chi connectivity index (χ1n) is 14.3. The SMILES string of the molecule is Cc1c(C#Cc2ccccc2)c(C)[n+]2n1-c1cccc3c1C21c2c(ccc4c5ccccc5n(c24)-c2cccc[n+]21)O3. The van der Waals surface area contributed by atoms with Crippen molar-refractivity contribution >= 4 is 21.8 Å². The van der Waals surface area contributed by atoms with Gasteiger partial charge in [-0.1, -0.05) is 59.0 Å². The molecular formula is C37H24N4O+2. The van der Waals surface area contributed by atoms with Gasteiger partial charge >= 0.3 is 5.66 Å². The Bertz CT molecular complexity index is 2420. The Kier molecular flexibility index (Phi) is 3.88. The van der Waals surface area contributed by atoms with Gasteiger partial charge in [0, 0.05) is 29.3 Å². The topological polar surface area (TPSA) is 26.8 Å². The summed E-state index contributed by atoms with van der Waals surface area (Å²) >= 11 is 0. The molecule has 3 aromatic heterocycles. The number of nitrogens with zero attached hydrogens (tertiary/aromatic N) is 4. The quantitative estimate of drug-likeness (QED) is 0.166. The van der Waals surface area contributed by atoms with Gasteiger partial charge in [0.1, 0.15) is 39.5 Å². The molecule has 0 saturated carbocycles. The first-order valence-corrected chi connectivity index (χ1v) is 14.3. The summed E-state index contributed by atoms with van der Waals surface area (Å²) in [7, 11) is 0. The zero-order valence-corrected chi connectivity index (χ0v) is 23.1. The smallest absolute Gasteiger partial charge is 0.397 e. The van der Waals surface area contributed by atoms with Crippen LogP contribution in [0.4, 0.5) is 0 Å². The molecular weight excluding hydrogens is 516 g/mol. The molecule has 1 atom stereocenters. The predicted octanol–water partition coefficient (Wildman–Crippen LogP) is 6.20. The van der Waals surface area contributed by atoms with Gasteiger partial charge in [-0.25, -0.2) is 0 Å². The van der Waals surface area contributed by atoms with Gasteiger partial charge in [-0.3, -0.25) is 0 Å². The molecule has 4 aromatic carbocycles. The van der Waals surface area contributed by atoms with Crippen molar-refractivity contribution in [3.05, 3.63) is 143 Å². The standard InChI is InChI=1S/C37H24N4O/c1-23-26(19-18-25-11-4-3-5-12-25)24(2)41-37-34-30(40(23)41)15-10-16-31(34)42-32-21-20-28-27-13-6-7-14-29(27)39(36(28)35(32)37)33-17-8-9-22-38(33)37/h3-17,20-22H,1-2H3/q+2. The first kappa shape index (κ1) is 22.1. The molecule has 1 unspecified atom stereocenters. The summed E-state index contributed by atoms with van der Waals surface area (Å²) in [6, 6.07) is 36.2. The van der Waals surface area contributed by atoms with Crippen LogP contribution in [0.3, 0.4) is 0 Å². The van der Waals surface area contributed by atoms with Crippen molar-refractivity contribution in [3.8, 4) is 34.8 Å². The van der Waals surface area contributed by atoms with E-state index in [0.717, 1.165) is 56.6 Å². The Balaban J connectivity index is 1.43. The molecule has 6 heterocycles. The Morgan fingerprint density at radius 3 is 2.43 bits per heavy atom. The summed E-state index contributed by atoms with van der Waals surface area (Å²) in [5.74, 6) is 9.88. The third-order valence-corrected chi connectivity index (χ3v) is 9.34. The monoisotopic (exact) mass is 540 g/mol. The second-order valence-electron chi connectivity index (χ2n) is 11.3. The van der Waals surface area contributed by atoms with Gasteiger partial charge in [0.2, 0.25) is 5.69 Å². The van der Waals surface area contributed by atoms with Crippen LogP contribution in [-0.2, 0) is 5.66 Å². The number of aromatic nitrogens is 4. The molecule has 10 rings (SSSR count). The van der Waals surface area contributed by atoms with Gasteiger partial charge in [0.05, 0.1) is 6.20 Å². The van der Waals surface area contributed by atoms with Crippen LogP contribution in [0.1, 0.15) is 33.6 Å². The lowest BCUT2D eigenvalue weighted by Gasteiger charge is -2.33. The van der Waals surface area contributed by atoms with E-state index >= 15 is 0 Å². The number of hydrogen-bond acceptors (Lipinski definition) is 1. The molecule has 0 N–H and O–H groups in total. The minimum atomic E-state index is -0.693. The molecule has 0 aliphatic carbocycles. The highest BCUT2D eigenvalue weighted by atomic mass is 16.5. The van der Waals surface area contributed by atoms with Crippen LogP contribution in [-0.4, -0.2) is 9.25 Å². The summed E-state index contributed by atoms with van der Waals surface area (Å²) in [6.07, 6.45) is 2.22. The number of ether oxygens (including phenoxy) is 1. The van der Waals surface area contributed by atoms with Gasteiger partial charge in [-0.2, -0.15) is 9.13 Å². The number of hydrogen-bond donors (Lipinski definition) is 0. The van der Waals surface area contributed by atoms with Crippen LogP contribution in [0.5, 0.6) is 11.5 Å². The highest BCUT2D eigenvalue weighted by molar-refractivity contribution is 6.11. The Morgan fingerprint density at radius 1 is 0.714 bits per heavy atom. The van der Waals surface area contributed by atoms with E-state index in [1.165, 1.54) is 21.8 Å². The summed E-state index contributed by atoms with van der Waals surface area (Å²) in [4.78, 5) is 0. The zero-order chi connectivity index (χ0) is 27.7. The van der Waals surface area contributed by atoms with Gasteiger partial charge < -0.3 is 4.74 Å². The Hall–Kier alpha value is -5.60. The first-order chi connectivity index (χ1) is 20.7. The minimum absolute atomic E-state index is 0.693. The molecule has 196 valence electrons. The maximum Gasteiger partial charge on any atom is 0.397 e. The van der Waals surface area contributed by atoms with E-state index in [-0.39, 0.29) is 0 Å². The Morgan fingerprint density at radius 2 is 1.52 bits per heavy atom. The largest absolute Gasteiger partial charge is 0.456 e. The molecule has 0 bridgehead atoms. The van der Waals surface area contributed by atoms with E-state index in [1.807, 2.05) is 18.2 Å². The molecule has 42 heavy (non-hydrogen) atoms. The highest BCUT2D eigenvalue weighted by Crippen LogP contribution is 2.55. The molecule has 3 aliphatic rings. The van der Waals surface area contributed by atoms with E-state index in [9.17, 15) is 0 Å². The predicted molar refractivity (Wildman–Crippen MR) is 160 cm³/mol. The molecule has 1 spiro atoms. The van der Waals surface area contributed by atoms with Gasteiger partial charge in [0.25, 0.3) is 5.82 Å². The molecule has 5 nitrogen and oxygen atoms in total. The summed E-state index contributed by atoms with van der Waals surface area (Å²) in [5.41, 5.74) is 9.42. The summed E-state index contributed by atoms with van der Waals surface area (Å²) in [5, 5.41) is 2.47. The van der Waals surface area contributed by atoms with Crippen LogP contribution in [0.2, 0.25) is 0 Å². The summed E-state index contributed by atoms with van der Waals surface area (Å²) < 4.78 is 16.5. The molecule has 7 aromatic rings. The van der Waals surface area contributed by atoms with E-state index in [4.69, 9.17) is 4.74 Å². The molecule has 0 amide bonds. The zero-order valence-electron chi connectivity index (χ0n) is 23.1. The molecule has 3 aliphatic heterocycles. The van der Waals surface area contributed by atoms with Crippen LogP contribution >= 0.6 is 0 Å². The van der Waals surface area contributed by atoms with E-state index in [1.54, 1.807) is 0 Å². The fourth-order valence-corrected chi connectivity index (χ4v) is 7.81. The molecule has 0 saturated heterocycles. The maximum absolute atomic E-state index is 6.78. The number of benzene rings is 4. The van der Waals surface area contributed by atoms with Crippen LogP contribution < -0.4 is 14.0 Å². The lowest BCUT2D eigenvalue weighted by molar-refractivity contribution is -0.995. The number of para-hydroxylation sites is 1. The average molecular weight is 541 g/mol. The fraction of sp³-hybridized carbons (Fsp3) is 0.0811. The van der Waals surface area contributed by atoms with Crippen molar-refractivity contribution in [2.45, 2.75) is 19.5 Å². The number of fused-ring (bicyclic) bond motifs is 7. The lowest BCUT2D eigenvalue weighted by Crippen LogP contribution is -2.77.